The number of β-amino-alcohol motifs (C(OH)–C–C–N with tert-alkyl or cyclic N) is 1. The molecular formula is C17H18FNO2. The van der Waals surface area contributed by atoms with E-state index in [0.29, 0.717) is 35.8 Å². The van der Waals surface area contributed by atoms with Crippen LogP contribution in [-0.4, -0.2) is 34.6 Å². The number of likely N-dealkylation sites (tertiary alicyclic amines) is 1. The van der Waals surface area contributed by atoms with Gasteiger partial charge in [0, 0.05) is 24.0 Å². The molecule has 1 unspecified atom stereocenters. The molecule has 1 fully saturated rings. The highest BCUT2D eigenvalue weighted by molar-refractivity contribution is 6.07. The lowest BCUT2D eigenvalue weighted by Crippen LogP contribution is -2.48. The van der Waals surface area contributed by atoms with E-state index in [1.807, 2.05) is 0 Å². The summed E-state index contributed by atoms with van der Waals surface area (Å²) < 4.78 is 13.8. The Kier molecular flexibility index (Phi) is 3.41. The Morgan fingerprint density at radius 2 is 1.95 bits per heavy atom. The van der Waals surface area contributed by atoms with Crippen LogP contribution < -0.4 is 0 Å². The van der Waals surface area contributed by atoms with E-state index < -0.39 is 5.60 Å². The summed E-state index contributed by atoms with van der Waals surface area (Å²) in [5.74, 6) is -0.473. The van der Waals surface area contributed by atoms with E-state index in [4.69, 9.17) is 0 Å². The van der Waals surface area contributed by atoms with E-state index in [1.54, 1.807) is 36.1 Å². The maximum absolute atomic E-state index is 13.8. The number of carbonyl (C=O) groups is 1. The summed E-state index contributed by atoms with van der Waals surface area (Å²) >= 11 is 0. The molecule has 0 spiro atoms. The van der Waals surface area contributed by atoms with Crippen LogP contribution in [0, 0.1) is 5.82 Å². The Labute approximate surface area is 123 Å². The molecule has 1 N–H and O–H groups in total. The number of hydrogen-bond donors (Lipinski definition) is 1. The average molecular weight is 287 g/mol. The Balaban J connectivity index is 2.01. The first-order valence-corrected chi connectivity index (χ1v) is 7.17. The normalized spacial score (nSPS) is 22.5. The van der Waals surface area contributed by atoms with Crippen molar-refractivity contribution in [3.8, 4) is 0 Å². The van der Waals surface area contributed by atoms with Crippen molar-refractivity contribution in [1.29, 1.82) is 0 Å². The SMILES string of the molecule is CC1(O)CCCN(C(=O)c2ccc(F)c3ccccc23)C1. The molecule has 3 nitrogen and oxygen atoms in total. The third-order valence-corrected chi connectivity index (χ3v) is 4.06. The summed E-state index contributed by atoms with van der Waals surface area (Å²) in [5.41, 5.74) is -0.353. The van der Waals surface area contributed by atoms with Gasteiger partial charge in [-0.3, -0.25) is 4.79 Å². The number of nitrogens with zero attached hydrogens (tertiary/aromatic N) is 1. The zero-order chi connectivity index (χ0) is 15.0. The van der Waals surface area contributed by atoms with E-state index in [-0.39, 0.29) is 11.7 Å². The van der Waals surface area contributed by atoms with Crippen LogP contribution in [0.3, 0.4) is 0 Å². The molecule has 2 aromatic rings. The quantitative estimate of drug-likeness (QED) is 0.876. The fourth-order valence-electron chi connectivity index (χ4n) is 3.01. The van der Waals surface area contributed by atoms with Gasteiger partial charge in [-0.05, 0) is 37.3 Å². The number of piperidine rings is 1. The zero-order valence-electron chi connectivity index (χ0n) is 12.0. The summed E-state index contributed by atoms with van der Waals surface area (Å²) in [6.07, 6.45) is 1.47. The van der Waals surface area contributed by atoms with Gasteiger partial charge in [0.15, 0.2) is 0 Å². The van der Waals surface area contributed by atoms with Crippen molar-refractivity contribution in [2.75, 3.05) is 13.1 Å². The minimum Gasteiger partial charge on any atom is -0.388 e. The molecule has 0 aromatic heterocycles. The summed E-state index contributed by atoms with van der Waals surface area (Å²) in [6, 6.07) is 9.85. The van der Waals surface area contributed by atoms with Crippen molar-refractivity contribution < 1.29 is 14.3 Å². The van der Waals surface area contributed by atoms with E-state index >= 15 is 0 Å². The maximum Gasteiger partial charge on any atom is 0.254 e. The lowest BCUT2D eigenvalue weighted by molar-refractivity contribution is -0.0106. The molecule has 0 bridgehead atoms. The van der Waals surface area contributed by atoms with Crippen molar-refractivity contribution in [3.05, 3.63) is 47.8 Å². The predicted molar refractivity (Wildman–Crippen MR) is 79.7 cm³/mol. The van der Waals surface area contributed by atoms with Gasteiger partial charge in [-0.2, -0.15) is 0 Å². The van der Waals surface area contributed by atoms with Gasteiger partial charge in [-0.15, -0.1) is 0 Å². The number of aliphatic hydroxyl groups is 1. The number of carbonyl (C=O) groups excluding carboxylic acids is 1. The van der Waals surface area contributed by atoms with Crippen molar-refractivity contribution >= 4 is 16.7 Å². The Morgan fingerprint density at radius 1 is 1.24 bits per heavy atom. The molecule has 3 rings (SSSR count). The topological polar surface area (TPSA) is 40.5 Å². The lowest BCUT2D eigenvalue weighted by atomic mass is 9.94. The standard InChI is InChI=1S/C17H18FNO2/c1-17(21)9-4-10-19(11-17)16(20)14-7-8-15(18)13-6-3-2-5-12(13)14/h2-3,5-8,21H,4,9-11H2,1H3. The molecule has 0 saturated carbocycles. The van der Waals surface area contributed by atoms with Crippen LogP contribution in [0.15, 0.2) is 36.4 Å². The lowest BCUT2D eigenvalue weighted by Gasteiger charge is -2.37. The van der Waals surface area contributed by atoms with Crippen molar-refractivity contribution in [2.45, 2.75) is 25.4 Å². The second-order valence-corrected chi connectivity index (χ2v) is 5.97. The summed E-state index contributed by atoms with van der Waals surface area (Å²) in [5, 5.41) is 11.2. The third kappa shape index (κ3) is 2.63. The van der Waals surface area contributed by atoms with Crippen LogP contribution in [0.5, 0.6) is 0 Å². The number of rotatable bonds is 1. The summed E-state index contributed by atoms with van der Waals surface area (Å²) in [6.45, 7) is 2.69. The van der Waals surface area contributed by atoms with Crippen molar-refractivity contribution in [1.82, 2.24) is 4.90 Å². The molecule has 4 heteroatoms. The van der Waals surface area contributed by atoms with Crippen LogP contribution in [0.2, 0.25) is 0 Å². The highest BCUT2D eigenvalue weighted by atomic mass is 19.1. The van der Waals surface area contributed by atoms with Crippen LogP contribution in [0.4, 0.5) is 4.39 Å². The smallest absolute Gasteiger partial charge is 0.254 e. The minimum absolute atomic E-state index is 0.147. The predicted octanol–water partition coefficient (Wildman–Crippen LogP) is 2.97. The molecule has 1 amide bonds. The van der Waals surface area contributed by atoms with Gasteiger partial charge in [-0.25, -0.2) is 4.39 Å². The van der Waals surface area contributed by atoms with Gasteiger partial charge in [0.1, 0.15) is 5.82 Å². The molecule has 1 saturated heterocycles. The van der Waals surface area contributed by atoms with Gasteiger partial charge >= 0.3 is 0 Å². The molecule has 1 aliphatic rings. The van der Waals surface area contributed by atoms with Crippen molar-refractivity contribution in [2.24, 2.45) is 0 Å². The number of benzene rings is 2. The van der Waals surface area contributed by atoms with Crippen LogP contribution in [-0.2, 0) is 0 Å². The Morgan fingerprint density at radius 3 is 2.67 bits per heavy atom. The molecule has 2 aromatic carbocycles. The fourth-order valence-corrected chi connectivity index (χ4v) is 3.01. The van der Waals surface area contributed by atoms with Gasteiger partial charge in [0.05, 0.1) is 5.60 Å². The highest BCUT2D eigenvalue weighted by Gasteiger charge is 2.31. The van der Waals surface area contributed by atoms with E-state index in [9.17, 15) is 14.3 Å². The molecule has 0 aliphatic carbocycles. The van der Waals surface area contributed by atoms with E-state index in [0.717, 1.165) is 6.42 Å². The summed E-state index contributed by atoms with van der Waals surface area (Å²) in [7, 11) is 0. The Bertz CT molecular complexity index is 696. The average Bonchev–Trinajstić information content (AvgIpc) is 2.46. The Hall–Kier alpha value is -1.94. The second kappa shape index (κ2) is 5.11. The summed E-state index contributed by atoms with van der Waals surface area (Å²) in [4.78, 5) is 14.4. The first-order chi connectivity index (χ1) is 9.98. The van der Waals surface area contributed by atoms with Gasteiger partial charge in [0.2, 0.25) is 0 Å². The van der Waals surface area contributed by atoms with E-state index in [2.05, 4.69) is 0 Å². The highest BCUT2D eigenvalue weighted by Crippen LogP contribution is 2.26. The molecular weight excluding hydrogens is 269 g/mol. The molecule has 0 radical (unpaired) electrons. The van der Waals surface area contributed by atoms with Crippen LogP contribution in [0.25, 0.3) is 10.8 Å². The van der Waals surface area contributed by atoms with E-state index in [1.165, 1.54) is 12.1 Å². The number of halogens is 1. The zero-order valence-corrected chi connectivity index (χ0v) is 12.0. The van der Waals surface area contributed by atoms with Gasteiger partial charge in [-0.1, -0.05) is 24.3 Å². The van der Waals surface area contributed by atoms with Gasteiger partial charge in [0.25, 0.3) is 5.91 Å². The number of hydrogen-bond acceptors (Lipinski definition) is 2. The first kappa shape index (κ1) is 14.0. The second-order valence-electron chi connectivity index (χ2n) is 5.97. The first-order valence-electron chi connectivity index (χ1n) is 7.17. The van der Waals surface area contributed by atoms with Crippen LogP contribution >= 0.6 is 0 Å². The molecule has 1 aliphatic heterocycles. The van der Waals surface area contributed by atoms with Crippen molar-refractivity contribution in [3.63, 3.8) is 0 Å². The maximum atomic E-state index is 13.8. The third-order valence-electron chi connectivity index (χ3n) is 4.06. The largest absolute Gasteiger partial charge is 0.388 e. The van der Waals surface area contributed by atoms with Crippen LogP contribution in [0.1, 0.15) is 30.1 Å². The van der Waals surface area contributed by atoms with Gasteiger partial charge < -0.3 is 10.0 Å². The number of fused-ring (bicyclic) bond motifs is 1. The minimum atomic E-state index is -0.844. The monoisotopic (exact) mass is 287 g/mol. The fraction of sp³-hybridized carbons (Fsp3) is 0.353. The molecule has 1 heterocycles. The molecule has 1 atom stereocenters. The molecule has 21 heavy (non-hydrogen) atoms. The molecule has 110 valence electrons. The number of amides is 1.